The van der Waals surface area contributed by atoms with Gasteiger partial charge >= 0.3 is 0 Å². The summed E-state index contributed by atoms with van der Waals surface area (Å²) in [6.07, 6.45) is 0.0105. The van der Waals surface area contributed by atoms with Gasteiger partial charge in [-0.2, -0.15) is 0 Å². The topological polar surface area (TPSA) is 41.1 Å². The molecule has 0 aliphatic carbocycles. The van der Waals surface area contributed by atoms with Crippen LogP contribution in [0.25, 0.3) is 0 Å². The molecule has 0 bridgehead atoms. The fourth-order valence-electron chi connectivity index (χ4n) is 1.78. The summed E-state index contributed by atoms with van der Waals surface area (Å²) in [6, 6.07) is 8.40. The number of carbonyl (C=O) groups is 1. The molecule has 0 saturated heterocycles. The molecule has 2 aromatic carbocycles. The number of hydrogen-bond acceptors (Lipinski definition) is 2. The largest absolute Gasteiger partial charge is 0.380 e. The van der Waals surface area contributed by atoms with Gasteiger partial charge in [0.2, 0.25) is 5.91 Å². The van der Waals surface area contributed by atoms with Crippen molar-refractivity contribution in [3.05, 3.63) is 58.1 Å². The highest BCUT2D eigenvalue weighted by Crippen LogP contribution is 2.29. The van der Waals surface area contributed by atoms with Gasteiger partial charge in [0.1, 0.15) is 17.3 Å². The minimum atomic E-state index is -0.710. The summed E-state index contributed by atoms with van der Waals surface area (Å²) >= 11 is 11.8. The molecule has 2 rings (SSSR count). The van der Waals surface area contributed by atoms with Gasteiger partial charge in [-0.15, -0.1) is 0 Å². The minimum Gasteiger partial charge on any atom is -0.380 e. The molecule has 22 heavy (non-hydrogen) atoms. The van der Waals surface area contributed by atoms with Gasteiger partial charge in [-0.05, 0) is 24.3 Å². The number of benzene rings is 2. The van der Waals surface area contributed by atoms with Crippen LogP contribution in [0.15, 0.2) is 36.4 Å². The van der Waals surface area contributed by atoms with Crippen LogP contribution in [-0.4, -0.2) is 12.5 Å². The maximum Gasteiger partial charge on any atom is 0.226 e. The Hall–Kier alpha value is -1.85. The van der Waals surface area contributed by atoms with Gasteiger partial charge in [-0.25, -0.2) is 8.78 Å². The fourth-order valence-corrected chi connectivity index (χ4v) is 2.13. The molecule has 1 amide bonds. The summed E-state index contributed by atoms with van der Waals surface area (Å²) in [5, 5.41) is 5.70. The third-order valence-electron chi connectivity index (χ3n) is 2.84. The first kappa shape index (κ1) is 16.5. The average Bonchev–Trinajstić information content (AvgIpc) is 2.47. The Balaban J connectivity index is 1.90. The second-order valence-electron chi connectivity index (χ2n) is 4.42. The van der Waals surface area contributed by atoms with E-state index in [2.05, 4.69) is 10.6 Å². The van der Waals surface area contributed by atoms with Crippen LogP contribution in [0.5, 0.6) is 0 Å². The molecule has 0 heterocycles. The predicted octanol–water partition coefficient (Wildman–Crippen LogP) is 4.71. The van der Waals surface area contributed by atoms with E-state index < -0.39 is 11.6 Å². The van der Waals surface area contributed by atoms with E-state index in [1.54, 1.807) is 18.2 Å². The van der Waals surface area contributed by atoms with E-state index in [4.69, 9.17) is 23.2 Å². The van der Waals surface area contributed by atoms with Crippen LogP contribution in [0.4, 0.5) is 20.2 Å². The van der Waals surface area contributed by atoms with E-state index in [-0.39, 0.29) is 29.6 Å². The second-order valence-corrected chi connectivity index (χ2v) is 5.21. The van der Waals surface area contributed by atoms with Crippen molar-refractivity contribution in [2.24, 2.45) is 0 Å². The number of para-hydroxylation sites is 1. The molecule has 0 radical (unpaired) electrons. The molecule has 0 spiro atoms. The average molecular weight is 345 g/mol. The molecule has 0 aliphatic heterocycles. The van der Waals surface area contributed by atoms with Crippen molar-refractivity contribution < 1.29 is 13.6 Å². The highest BCUT2D eigenvalue weighted by molar-refractivity contribution is 6.43. The van der Waals surface area contributed by atoms with E-state index in [9.17, 15) is 13.6 Å². The second kappa shape index (κ2) is 7.42. The Morgan fingerprint density at radius 2 is 1.68 bits per heavy atom. The lowest BCUT2D eigenvalue weighted by Gasteiger charge is -2.10. The van der Waals surface area contributed by atoms with E-state index in [1.807, 2.05) is 0 Å². The van der Waals surface area contributed by atoms with Crippen LogP contribution in [-0.2, 0) is 4.79 Å². The molecule has 2 N–H and O–H groups in total. The molecule has 116 valence electrons. The normalized spacial score (nSPS) is 10.4. The van der Waals surface area contributed by atoms with Crippen molar-refractivity contribution >= 4 is 40.5 Å². The zero-order chi connectivity index (χ0) is 16.1. The fraction of sp³-hybridized carbons (Fsp3) is 0.133. The van der Waals surface area contributed by atoms with Gasteiger partial charge in [0.05, 0.1) is 15.7 Å². The Morgan fingerprint density at radius 1 is 1.05 bits per heavy atom. The Kier molecular flexibility index (Phi) is 5.57. The molecule has 0 unspecified atom stereocenters. The lowest BCUT2D eigenvalue weighted by atomic mass is 10.2. The molecular weight excluding hydrogens is 333 g/mol. The molecule has 0 fully saturated rings. The van der Waals surface area contributed by atoms with Crippen molar-refractivity contribution in [1.29, 1.82) is 0 Å². The van der Waals surface area contributed by atoms with Gasteiger partial charge in [-0.1, -0.05) is 35.3 Å². The van der Waals surface area contributed by atoms with Gasteiger partial charge in [0.25, 0.3) is 0 Å². The van der Waals surface area contributed by atoms with Crippen LogP contribution in [0.1, 0.15) is 6.42 Å². The third kappa shape index (κ3) is 4.08. The monoisotopic (exact) mass is 344 g/mol. The van der Waals surface area contributed by atoms with Crippen LogP contribution >= 0.6 is 23.2 Å². The number of anilines is 2. The number of amides is 1. The van der Waals surface area contributed by atoms with Crippen molar-refractivity contribution in [2.75, 3.05) is 17.2 Å². The first-order valence-corrected chi connectivity index (χ1v) is 7.16. The third-order valence-corrected chi connectivity index (χ3v) is 3.66. The quantitative estimate of drug-likeness (QED) is 0.824. The Labute approximate surface area is 136 Å². The predicted molar refractivity (Wildman–Crippen MR) is 84.6 cm³/mol. The van der Waals surface area contributed by atoms with Crippen molar-refractivity contribution in [3.8, 4) is 0 Å². The molecule has 0 aromatic heterocycles. The van der Waals surface area contributed by atoms with E-state index >= 15 is 0 Å². The molecular formula is C15H12Cl2F2N2O. The number of rotatable bonds is 5. The summed E-state index contributed by atoms with van der Waals surface area (Å²) in [5.41, 5.74) is 0.132. The number of carbonyl (C=O) groups excluding carboxylic acids is 1. The van der Waals surface area contributed by atoms with E-state index in [1.165, 1.54) is 6.07 Å². The molecule has 7 heteroatoms. The molecule has 2 aromatic rings. The summed E-state index contributed by atoms with van der Waals surface area (Å²) < 4.78 is 26.8. The molecule has 3 nitrogen and oxygen atoms in total. The van der Waals surface area contributed by atoms with Gasteiger partial charge in [-0.3, -0.25) is 4.79 Å². The summed E-state index contributed by atoms with van der Waals surface area (Å²) in [4.78, 5) is 11.8. The summed E-state index contributed by atoms with van der Waals surface area (Å²) in [7, 11) is 0. The van der Waals surface area contributed by atoms with Crippen LogP contribution < -0.4 is 10.6 Å². The van der Waals surface area contributed by atoms with Crippen LogP contribution in [0.3, 0.4) is 0 Å². The summed E-state index contributed by atoms with van der Waals surface area (Å²) in [6.45, 7) is 0.0713. The Bertz CT molecular complexity index is 675. The SMILES string of the molecule is O=C(CCNc1c(F)cccc1F)Nc1cccc(Cl)c1Cl. The van der Waals surface area contributed by atoms with Gasteiger partial charge in [0, 0.05) is 13.0 Å². The van der Waals surface area contributed by atoms with E-state index in [0.29, 0.717) is 10.7 Å². The highest BCUT2D eigenvalue weighted by atomic mass is 35.5. The van der Waals surface area contributed by atoms with Crippen molar-refractivity contribution in [3.63, 3.8) is 0 Å². The minimum absolute atomic E-state index is 0.0105. The number of hydrogen-bond donors (Lipinski definition) is 2. The molecule has 0 aliphatic rings. The first-order valence-electron chi connectivity index (χ1n) is 6.41. The van der Waals surface area contributed by atoms with Gasteiger partial charge < -0.3 is 10.6 Å². The number of halogens is 4. The Morgan fingerprint density at radius 3 is 2.36 bits per heavy atom. The smallest absolute Gasteiger partial charge is 0.226 e. The van der Waals surface area contributed by atoms with Crippen molar-refractivity contribution in [2.45, 2.75) is 6.42 Å². The molecule has 0 saturated carbocycles. The van der Waals surface area contributed by atoms with Crippen molar-refractivity contribution in [1.82, 2.24) is 0 Å². The highest BCUT2D eigenvalue weighted by Gasteiger charge is 2.10. The van der Waals surface area contributed by atoms with Crippen LogP contribution in [0.2, 0.25) is 10.0 Å². The summed E-state index contributed by atoms with van der Waals surface area (Å²) in [5.74, 6) is -1.77. The zero-order valence-electron chi connectivity index (χ0n) is 11.3. The van der Waals surface area contributed by atoms with Gasteiger partial charge in [0.15, 0.2) is 0 Å². The van der Waals surface area contributed by atoms with Crippen LogP contribution in [0, 0.1) is 11.6 Å². The zero-order valence-corrected chi connectivity index (χ0v) is 12.8. The first-order chi connectivity index (χ1) is 10.5. The maximum atomic E-state index is 13.4. The maximum absolute atomic E-state index is 13.4. The lowest BCUT2D eigenvalue weighted by molar-refractivity contribution is -0.115. The number of nitrogens with one attached hydrogen (secondary N) is 2. The molecule has 0 atom stereocenters. The van der Waals surface area contributed by atoms with E-state index in [0.717, 1.165) is 12.1 Å². The lowest BCUT2D eigenvalue weighted by Crippen LogP contribution is -2.17. The standard InChI is InChI=1S/C15H12Cl2F2N2O/c16-9-3-1-6-12(14(9)17)21-13(22)7-8-20-15-10(18)4-2-5-11(15)19/h1-6,20H,7-8H2,(H,21,22).